The summed E-state index contributed by atoms with van der Waals surface area (Å²) in [5.74, 6) is -0.199. The summed E-state index contributed by atoms with van der Waals surface area (Å²) in [6.07, 6.45) is 1.71. The molecule has 2 aromatic carbocycles. The van der Waals surface area contributed by atoms with Crippen molar-refractivity contribution in [1.29, 1.82) is 0 Å². The Bertz CT molecular complexity index is 778. The second-order valence-electron chi connectivity index (χ2n) is 4.46. The number of nitrogens with two attached hydrogens (primary N) is 1. The minimum atomic E-state index is -0.199. The molecule has 4 nitrogen and oxygen atoms in total. The summed E-state index contributed by atoms with van der Waals surface area (Å²) in [5.41, 5.74) is 8.24. The van der Waals surface area contributed by atoms with Gasteiger partial charge in [0.05, 0.1) is 11.2 Å². The first-order valence-electron chi connectivity index (χ1n) is 6.25. The summed E-state index contributed by atoms with van der Waals surface area (Å²) >= 11 is 0. The Morgan fingerprint density at radius 1 is 1.05 bits per heavy atom. The summed E-state index contributed by atoms with van der Waals surface area (Å²) in [6.45, 7) is 0. The van der Waals surface area contributed by atoms with Crippen molar-refractivity contribution in [1.82, 2.24) is 4.98 Å². The molecule has 1 aromatic heterocycles. The first-order chi connectivity index (χ1) is 9.74. The summed E-state index contributed by atoms with van der Waals surface area (Å²) < 4.78 is 0. The Morgan fingerprint density at radius 3 is 2.70 bits per heavy atom. The SMILES string of the molecule is Nc1cccc(C(=O)Nc2cccc3cccnc23)c1. The van der Waals surface area contributed by atoms with E-state index in [1.807, 2.05) is 30.3 Å². The molecule has 0 aliphatic carbocycles. The van der Waals surface area contributed by atoms with Crippen LogP contribution in [0.1, 0.15) is 10.4 Å². The van der Waals surface area contributed by atoms with Gasteiger partial charge in [0.2, 0.25) is 0 Å². The van der Waals surface area contributed by atoms with Crippen molar-refractivity contribution in [3.63, 3.8) is 0 Å². The van der Waals surface area contributed by atoms with Gasteiger partial charge in [-0.1, -0.05) is 24.3 Å². The van der Waals surface area contributed by atoms with Crippen molar-refractivity contribution in [2.24, 2.45) is 0 Å². The summed E-state index contributed by atoms with van der Waals surface area (Å²) in [6, 6.07) is 16.4. The van der Waals surface area contributed by atoms with E-state index >= 15 is 0 Å². The van der Waals surface area contributed by atoms with Gasteiger partial charge in [-0.05, 0) is 30.3 Å². The quantitative estimate of drug-likeness (QED) is 0.698. The summed E-state index contributed by atoms with van der Waals surface area (Å²) in [4.78, 5) is 16.5. The number of aromatic nitrogens is 1. The number of carbonyl (C=O) groups excluding carboxylic acids is 1. The Hall–Kier alpha value is -2.88. The van der Waals surface area contributed by atoms with E-state index < -0.39 is 0 Å². The number of nitrogens with one attached hydrogen (secondary N) is 1. The molecule has 0 saturated heterocycles. The van der Waals surface area contributed by atoms with E-state index in [4.69, 9.17) is 5.73 Å². The van der Waals surface area contributed by atoms with Gasteiger partial charge in [-0.2, -0.15) is 0 Å². The van der Waals surface area contributed by atoms with Crippen LogP contribution in [0.25, 0.3) is 10.9 Å². The van der Waals surface area contributed by atoms with Crippen LogP contribution < -0.4 is 11.1 Å². The molecule has 1 amide bonds. The highest BCUT2D eigenvalue weighted by Crippen LogP contribution is 2.21. The van der Waals surface area contributed by atoms with Crippen LogP contribution in [0.15, 0.2) is 60.8 Å². The molecular formula is C16H13N3O. The molecule has 3 N–H and O–H groups in total. The maximum atomic E-state index is 12.2. The molecule has 0 radical (unpaired) electrons. The second-order valence-corrected chi connectivity index (χ2v) is 4.46. The number of nitrogens with zero attached hydrogens (tertiary/aromatic N) is 1. The van der Waals surface area contributed by atoms with Gasteiger partial charge in [0.1, 0.15) is 0 Å². The summed E-state index contributed by atoms with van der Waals surface area (Å²) in [7, 11) is 0. The monoisotopic (exact) mass is 263 g/mol. The van der Waals surface area contributed by atoms with Gasteiger partial charge in [0.15, 0.2) is 0 Å². The topological polar surface area (TPSA) is 68.0 Å². The average Bonchev–Trinajstić information content (AvgIpc) is 2.47. The highest BCUT2D eigenvalue weighted by Gasteiger charge is 2.08. The van der Waals surface area contributed by atoms with Crippen LogP contribution in [-0.4, -0.2) is 10.9 Å². The number of pyridine rings is 1. The molecule has 0 unspecified atom stereocenters. The van der Waals surface area contributed by atoms with Crippen LogP contribution in [-0.2, 0) is 0 Å². The van der Waals surface area contributed by atoms with Crippen molar-refractivity contribution < 1.29 is 4.79 Å². The van der Waals surface area contributed by atoms with Crippen molar-refractivity contribution in [3.05, 3.63) is 66.4 Å². The lowest BCUT2D eigenvalue weighted by molar-refractivity contribution is 0.102. The van der Waals surface area contributed by atoms with Crippen molar-refractivity contribution in [2.45, 2.75) is 0 Å². The molecule has 0 atom stereocenters. The number of benzene rings is 2. The molecule has 20 heavy (non-hydrogen) atoms. The van der Waals surface area contributed by atoms with Crippen LogP contribution in [0.2, 0.25) is 0 Å². The zero-order valence-electron chi connectivity index (χ0n) is 10.7. The number of fused-ring (bicyclic) bond motifs is 1. The predicted molar refractivity (Wildman–Crippen MR) is 80.6 cm³/mol. The number of nitrogen functional groups attached to an aromatic ring is 1. The smallest absolute Gasteiger partial charge is 0.255 e. The fraction of sp³-hybridized carbons (Fsp3) is 0. The van der Waals surface area contributed by atoms with Gasteiger partial charge in [0.25, 0.3) is 5.91 Å². The Morgan fingerprint density at radius 2 is 1.85 bits per heavy atom. The second kappa shape index (κ2) is 5.01. The Balaban J connectivity index is 1.95. The fourth-order valence-electron chi connectivity index (χ4n) is 2.08. The molecular weight excluding hydrogens is 250 g/mol. The number of hydrogen-bond donors (Lipinski definition) is 2. The molecule has 4 heteroatoms. The van der Waals surface area contributed by atoms with Gasteiger partial charge in [-0.3, -0.25) is 9.78 Å². The maximum absolute atomic E-state index is 12.2. The predicted octanol–water partition coefficient (Wildman–Crippen LogP) is 3.07. The van der Waals surface area contributed by atoms with Crippen molar-refractivity contribution in [3.8, 4) is 0 Å². The third-order valence-electron chi connectivity index (χ3n) is 3.03. The number of anilines is 2. The number of amides is 1. The minimum Gasteiger partial charge on any atom is -0.399 e. The van der Waals surface area contributed by atoms with Crippen molar-refractivity contribution in [2.75, 3.05) is 11.1 Å². The standard InChI is InChI=1S/C16H13N3O/c17-13-7-1-5-12(10-13)16(20)19-14-8-2-4-11-6-3-9-18-15(11)14/h1-10H,17H2,(H,19,20). The molecule has 1 heterocycles. The molecule has 3 rings (SSSR count). The van der Waals surface area contributed by atoms with Crippen LogP contribution in [0.3, 0.4) is 0 Å². The van der Waals surface area contributed by atoms with E-state index in [2.05, 4.69) is 10.3 Å². The number of rotatable bonds is 2. The molecule has 0 fully saturated rings. The molecule has 0 bridgehead atoms. The van der Waals surface area contributed by atoms with Crippen LogP contribution >= 0.6 is 0 Å². The lowest BCUT2D eigenvalue weighted by Crippen LogP contribution is -2.12. The van der Waals surface area contributed by atoms with Gasteiger partial charge in [0, 0.05) is 22.8 Å². The highest BCUT2D eigenvalue weighted by molar-refractivity contribution is 6.08. The molecule has 98 valence electrons. The molecule has 3 aromatic rings. The number of para-hydroxylation sites is 1. The van der Waals surface area contributed by atoms with E-state index in [9.17, 15) is 4.79 Å². The lowest BCUT2D eigenvalue weighted by Gasteiger charge is -2.08. The first kappa shape index (κ1) is 12.2. The van der Waals surface area contributed by atoms with Crippen LogP contribution in [0, 0.1) is 0 Å². The Kier molecular flexibility index (Phi) is 3.05. The van der Waals surface area contributed by atoms with Gasteiger partial charge < -0.3 is 11.1 Å². The molecule has 0 spiro atoms. The zero-order valence-corrected chi connectivity index (χ0v) is 10.7. The normalized spacial score (nSPS) is 10.4. The van der Waals surface area contributed by atoms with Gasteiger partial charge >= 0.3 is 0 Å². The van der Waals surface area contributed by atoms with E-state index in [0.29, 0.717) is 16.9 Å². The van der Waals surface area contributed by atoms with Gasteiger partial charge in [-0.15, -0.1) is 0 Å². The minimum absolute atomic E-state index is 0.199. The van der Waals surface area contributed by atoms with Crippen molar-refractivity contribution >= 4 is 28.2 Å². The maximum Gasteiger partial charge on any atom is 0.255 e. The van der Waals surface area contributed by atoms with Crippen LogP contribution in [0.5, 0.6) is 0 Å². The van der Waals surface area contributed by atoms with E-state index in [-0.39, 0.29) is 5.91 Å². The third-order valence-corrected chi connectivity index (χ3v) is 3.03. The van der Waals surface area contributed by atoms with Gasteiger partial charge in [-0.25, -0.2) is 0 Å². The molecule has 0 saturated carbocycles. The first-order valence-corrected chi connectivity index (χ1v) is 6.25. The van der Waals surface area contributed by atoms with E-state index in [0.717, 1.165) is 10.9 Å². The summed E-state index contributed by atoms with van der Waals surface area (Å²) in [5, 5.41) is 3.86. The van der Waals surface area contributed by atoms with Crippen LogP contribution in [0.4, 0.5) is 11.4 Å². The zero-order chi connectivity index (χ0) is 13.9. The number of hydrogen-bond acceptors (Lipinski definition) is 3. The number of carbonyl (C=O) groups is 1. The van der Waals surface area contributed by atoms with E-state index in [1.165, 1.54) is 0 Å². The fourth-order valence-corrected chi connectivity index (χ4v) is 2.08. The largest absolute Gasteiger partial charge is 0.399 e. The van der Waals surface area contributed by atoms with E-state index in [1.54, 1.807) is 30.5 Å². The lowest BCUT2D eigenvalue weighted by atomic mass is 10.1. The molecule has 0 aliphatic rings. The molecule has 0 aliphatic heterocycles. The Labute approximate surface area is 116 Å². The average molecular weight is 263 g/mol. The highest BCUT2D eigenvalue weighted by atomic mass is 16.1. The third kappa shape index (κ3) is 2.31.